The first-order chi connectivity index (χ1) is 6.62. The van der Waals surface area contributed by atoms with Gasteiger partial charge in [0, 0.05) is 0 Å². The summed E-state index contributed by atoms with van der Waals surface area (Å²) >= 11 is 0. The van der Waals surface area contributed by atoms with Crippen LogP contribution in [0, 0.1) is 0 Å². The number of aliphatic carboxylic acids is 1. The molecule has 0 amide bonds. The van der Waals surface area contributed by atoms with Crippen LogP contribution in [0.1, 0.15) is 6.92 Å². The Morgan fingerprint density at radius 3 is 3.00 bits per heavy atom. The van der Waals surface area contributed by atoms with Crippen LogP contribution >= 0.6 is 0 Å². The van der Waals surface area contributed by atoms with Crippen molar-refractivity contribution in [1.29, 1.82) is 0 Å². The van der Waals surface area contributed by atoms with Crippen molar-refractivity contribution in [3.05, 3.63) is 24.3 Å². The highest BCUT2D eigenvalue weighted by atomic mass is 16.5. The second-order valence-corrected chi connectivity index (χ2v) is 3.49. The van der Waals surface area contributed by atoms with Gasteiger partial charge in [0.05, 0.1) is 12.2 Å². The summed E-state index contributed by atoms with van der Waals surface area (Å²) in [6.45, 7) is 1.83. The van der Waals surface area contributed by atoms with E-state index in [1.807, 2.05) is 18.2 Å². The van der Waals surface area contributed by atoms with Gasteiger partial charge in [0.15, 0.2) is 0 Å². The fourth-order valence-corrected chi connectivity index (χ4v) is 1.36. The zero-order valence-electron chi connectivity index (χ0n) is 7.78. The molecule has 0 spiro atoms. The summed E-state index contributed by atoms with van der Waals surface area (Å²) in [6.07, 6.45) is 0. The Hall–Kier alpha value is -1.71. The predicted octanol–water partition coefficient (Wildman–Crippen LogP) is 1.33. The molecule has 1 atom stereocenters. The quantitative estimate of drug-likeness (QED) is 0.706. The van der Waals surface area contributed by atoms with Crippen LogP contribution in [0.25, 0.3) is 0 Å². The molecule has 0 fully saturated rings. The first-order valence-electron chi connectivity index (χ1n) is 4.37. The molecule has 4 heteroatoms. The predicted molar refractivity (Wildman–Crippen MR) is 51.6 cm³/mol. The molecule has 1 unspecified atom stereocenters. The van der Waals surface area contributed by atoms with Gasteiger partial charge in [0.1, 0.15) is 5.75 Å². The van der Waals surface area contributed by atoms with Gasteiger partial charge >= 0.3 is 5.97 Å². The van der Waals surface area contributed by atoms with Crippen LogP contribution < -0.4 is 10.1 Å². The summed E-state index contributed by atoms with van der Waals surface area (Å²) in [7, 11) is 0. The van der Waals surface area contributed by atoms with Gasteiger partial charge in [-0.3, -0.25) is 0 Å². The van der Waals surface area contributed by atoms with Crippen LogP contribution in [-0.2, 0) is 4.79 Å². The van der Waals surface area contributed by atoms with Gasteiger partial charge in [-0.05, 0) is 19.1 Å². The van der Waals surface area contributed by atoms with E-state index >= 15 is 0 Å². The number of ether oxygens (including phenoxy) is 1. The van der Waals surface area contributed by atoms with Gasteiger partial charge in [-0.25, -0.2) is 4.79 Å². The summed E-state index contributed by atoms with van der Waals surface area (Å²) in [4.78, 5) is 10.9. The van der Waals surface area contributed by atoms with Crippen LogP contribution in [0.4, 0.5) is 5.69 Å². The zero-order chi connectivity index (χ0) is 10.2. The molecular weight excluding hydrogens is 182 g/mol. The van der Waals surface area contributed by atoms with Crippen LogP contribution in [0.5, 0.6) is 5.75 Å². The van der Waals surface area contributed by atoms with Gasteiger partial charge < -0.3 is 15.2 Å². The molecule has 2 rings (SSSR count). The second kappa shape index (κ2) is 2.90. The van der Waals surface area contributed by atoms with E-state index in [-0.39, 0.29) is 6.54 Å². The lowest BCUT2D eigenvalue weighted by molar-refractivity contribution is -0.152. The Morgan fingerprint density at radius 1 is 1.57 bits per heavy atom. The molecule has 0 aliphatic carbocycles. The maximum atomic E-state index is 10.9. The molecule has 1 heterocycles. The number of carboxylic acids is 1. The summed E-state index contributed by atoms with van der Waals surface area (Å²) in [5, 5.41) is 12.0. The van der Waals surface area contributed by atoms with Gasteiger partial charge in [-0.15, -0.1) is 0 Å². The molecule has 1 aromatic rings. The van der Waals surface area contributed by atoms with Gasteiger partial charge in [-0.2, -0.15) is 0 Å². The highest BCUT2D eigenvalue weighted by Crippen LogP contribution is 2.32. The second-order valence-electron chi connectivity index (χ2n) is 3.49. The van der Waals surface area contributed by atoms with Crippen LogP contribution in [-0.4, -0.2) is 23.2 Å². The fraction of sp³-hybridized carbons (Fsp3) is 0.300. The van der Waals surface area contributed by atoms with Crippen molar-refractivity contribution in [1.82, 2.24) is 0 Å². The number of benzene rings is 1. The summed E-state index contributed by atoms with van der Waals surface area (Å²) < 4.78 is 5.42. The van der Waals surface area contributed by atoms with Crippen molar-refractivity contribution in [2.75, 3.05) is 11.9 Å². The zero-order valence-corrected chi connectivity index (χ0v) is 7.78. The molecule has 0 saturated carbocycles. The number of nitrogens with one attached hydrogen (secondary N) is 1. The van der Waals surface area contributed by atoms with E-state index in [1.165, 1.54) is 0 Å². The molecule has 1 aromatic carbocycles. The number of para-hydroxylation sites is 2. The standard InChI is InChI=1S/C10H11NO3/c1-10(9(12)13)6-11-7-4-2-3-5-8(7)14-10/h2-5,11H,6H2,1H3,(H,12,13). The van der Waals surface area contributed by atoms with Crippen molar-refractivity contribution in [2.24, 2.45) is 0 Å². The number of carbonyl (C=O) groups is 1. The third kappa shape index (κ3) is 1.28. The monoisotopic (exact) mass is 193 g/mol. The summed E-state index contributed by atoms with van der Waals surface area (Å²) in [6, 6.07) is 7.30. The normalized spacial score (nSPS) is 24.4. The number of carboxylic acid groups (broad SMARTS) is 1. The SMILES string of the molecule is CC1(C(=O)O)CNc2ccccc2O1. The Labute approximate surface area is 81.5 Å². The van der Waals surface area contributed by atoms with E-state index in [2.05, 4.69) is 5.32 Å². The minimum Gasteiger partial charge on any atom is -0.478 e. The molecule has 1 aliphatic rings. The number of hydrogen-bond donors (Lipinski definition) is 2. The van der Waals surface area contributed by atoms with E-state index in [9.17, 15) is 4.79 Å². The molecule has 14 heavy (non-hydrogen) atoms. The number of rotatable bonds is 1. The lowest BCUT2D eigenvalue weighted by Crippen LogP contribution is -2.49. The van der Waals surface area contributed by atoms with E-state index in [4.69, 9.17) is 9.84 Å². The third-order valence-electron chi connectivity index (χ3n) is 2.29. The summed E-state index contributed by atoms with van der Waals surface area (Å²) in [5.41, 5.74) is -0.333. The number of anilines is 1. The molecule has 74 valence electrons. The third-order valence-corrected chi connectivity index (χ3v) is 2.29. The van der Waals surface area contributed by atoms with E-state index in [0.29, 0.717) is 5.75 Å². The molecule has 0 aromatic heterocycles. The van der Waals surface area contributed by atoms with Crippen LogP contribution in [0.2, 0.25) is 0 Å². The molecule has 0 radical (unpaired) electrons. The largest absolute Gasteiger partial charge is 0.478 e. The van der Waals surface area contributed by atoms with Crippen LogP contribution in [0.3, 0.4) is 0 Å². The smallest absolute Gasteiger partial charge is 0.349 e. The van der Waals surface area contributed by atoms with Crippen molar-refractivity contribution in [3.63, 3.8) is 0 Å². The maximum absolute atomic E-state index is 10.9. The molecule has 2 N–H and O–H groups in total. The Bertz CT molecular complexity index is 377. The molecular formula is C10H11NO3. The average Bonchev–Trinajstić information content (AvgIpc) is 2.17. The van der Waals surface area contributed by atoms with Gasteiger partial charge in [0.2, 0.25) is 5.60 Å². The van der Waals surface area contributed by atoms with Crippen molar-refractivity contribution < 1.29 is 14.6 Å². The average molecular weight is 193 g/mol. The first kappa shape index (κ1) is 8.87. The summed E-state index contributed by atoms with van der Waals surface area (Å²) in [5.74, 6) is -0.372. The van der Waals surface area contributed by atoms with E-state index < -0.39 is 11.6 Å². The number of hydrogen-bond acceptors (Lipinski definition) is 3. The molecule has 0 bridgehead atoms. The van der Waals surface area contributed by atoms with Gasteiger partial charge in [0.25, 0.3) is 0 Å². The maximum Gasteiger partial charge on any atom is 0.349 e. The minimum atomic E-state index is -1.17. The fourth-order valence-electron chi connectivity index (χ4n) is 1.36. The highest BCUT2D eigenvalue weighted by Gasteiger charge is 2.38. The van der Waals surface area contributed by atoms with E-state index in [0.717, 1.165) is 5.69 Å². The lowest BCUT2D eigenvalue weighted by atomic mass is 10.0. The van der Waals surface area contributed by atoms with Crippen molar-refractivity contribution >= 4 is 11.7 Å². The minimum absolute atomic E-state index is 0.277. The number of fused-ring (bicyclic) bond motifs is 1. The molecule has 4 nitrogen and oxygen atoms in total. The topological polar surface area (TPSA) is 58.6 Å². The first-order valence-corrected chi connectivity index (χ1v) is 4.37. The van der Waals surface area contributed by atoms with Crippen molar-refractivity contribution in [2.45, 2.75) is 12.5 Å². The van der Waals surface area contributed by atoms with E-state index in [1.54, 1.807) is 13.0 Å². The lowest BCUT2D eigenvalue weighted by Gasteiger charge is -2.32. The Balaban J connectivity index is 2.34. The Kier molecular flexibility index (Phi) is 1.84. The Morgan fingerprint density at radius 2 is 2.29 bits per heavy atom. The molecule has 1 aliphatic heterocycles. The van der Waals surface area contributed by atoms with Crippen molar-refractivity contribution in [3.8, 4) is 5.75 Å². The molecule has 0 saturated heterocycles. The van der Waals surface area contributed by atoms with Gasteiger partial charge in [-0.1, -0.05) is 12.1 Å². The van der Waals surface area contributed by atoms with Crippen LogP contribution in [0.15, 0.2) is 24.3 Å². The highest BCUT2D eigenvalue weighted by molar-refractivity contribution is 5.80.